The predicted octanol–water partition coefficient (Wildman–Crippen LogP) is 0.248. The molecule has 2 heterocycles. The molecule has 1 aliphatic heterocycles. The van der Waals surface area contributed by atoms with Crippen LogP contribution in [0.15, 0.2) is 24.5 Å². The van der Waals surface area contributed by atoms with Gasteiger partial charge in [-0.15, -0.1) is 0 Å². The smallest absolute Gasteiger partial charge is 0.211 e. The van der Waals surface area contributed by atoms with Crippen LogP contribution in [0.2, 0.25) is 0 Å². The van der Waals surface area contributed by atoms with Crippen molar-refractivity contribution in [3.8, 4) is 0 Å². The predicted molar refractivity (Wildman–Crippen MR) is 70.8 cm³/mol. The standard InChI is InChI=1S/C12H19N3O2S/c1-18(16,17)15-9-8-14-10-12(15)3-2-11-4-6-13-7-5-11/h4-7,12,14H,2-3,8-10H2,1H3. The second-order valence-corrected chi connectivity index (χ2v) is 6.56. The van der Waals surface area contributed by atoms with E-state index in [0.29, 0.717) is 6.54 Å². The maximum atomic E-state index is 11.7. The van der Waals surface area contributed by atoms with Gasteiger partial charge in [0.05, 0.1) is 6.26 Å². The number of aromatic nitrogens is 1. The lowest BCUT2D eigenvalue weighted by Crippen LogP contribution is -2.53. The fourth-order valence-corrected chi connectivity index (χ4v) is 3.45. The Morgan fingerprint density at radius 1 is 1.44 bits per heavy atom. The van der Waals surface area contributed by atoms with Crippen molar-refractivity contribution >= 4 is 10.0 Å². The van der Waals surface area contributed by atoms with Gasteiger partial charge in [-0.2, -0.15) is 4.31 Å². The lowest BCUT2D eigenvalue weighted by atomic mass is 10.1. The van der Waals surface area contributed by atoms with Crippen LogP contribution in [0, 0.1) is 0 Å². The summed E-state index contributed by atoms with van der Waals surface area (Å²) in [5.41, 5.74) is 1.20. The van der Waals surface area contributed by atoms with E-state index < -0.39 is 10.0 Å². The van der Waals surface area contributed by atoms with Crippen LogP contribution in [-0.4, -0.2) is 49.6 Å². The van der Waals surface area contributed by atoms with Gasteiger partial charge in [0.15, 0.2) is 0 Å². The first-order valence-corrected chi connectivity index (χ1v) is 7.98. The summed E-state index contributed by atoms with van der Waals surface area (Å²) in [4.78, 5) is 3.98. The maximum Gasteiger partial charge on any atom is 0.211 e. The minimum absolute atomic E-state index is 0.0573. The van der Waals surface area contributed by atoms with Crippen molar-refractivity contribution in [2.75, 3.05) is 25.9 Å². The van der Waals surface area contributed by atoms with Crippen molar-refractivity contribution in [2.45, 2.75) is 18.9 Å². The number of nitrogens with zero attached hydrogens (tertiary/aromatic N) is 2. The molecule has 1 unspecified atom stereocenters. The van der Waals surface area contributed by atoms with Crippen molar-refractivity contribution in [3.05, 3.63) is 30.1 Å². The van der Waals surface area contributed by atoms with E-state index in [1.165, 1.54) is 11.8 Å². The minimum Gasteiger partial charge on any atom is -0.314 e. The van der Waals surface area contributed by atoms with Crippen LogP contribution in [0.4, 0.5) is 0 Å². The van der Waals surface area contributed by atoms with Gasteiger partial charge in [0.2, 0.25) is 10.0 Å². The number of piperazine rings is 1. The van der Waals surface area contributed by atoms with Gasteiger partial charge in [-0.1, -0.05) is 0 Å². The summed E-state index contributed by atoms with van der Waals surface area (Å²) in [6, 6.07) is 4.00. The van der Waals surface area contributed by atoms with Crippen LogP contribution in [0.1, 0.15) is 12.0 Å². The molecule has 1 atom stereocenters. The normalized spacial score (nSPS) is 21.9. The molecular formula is C12H19N3O2S. The van der Waals surface area contributed by atoms with E-state index in [-0.39, 0.29) is 6.04 Å². The number of sulfonamides is 1. The molecule has 0 saturated carbocycles. The summed E-state index contributed by atoms with van der Waals surface area (Å²) < 4.78 is 25.0. The second kappa shape index (κ2) is 5.77. The molecule has 0 bridgehead atoms. The molecule has 0 amide bonds. The van der Waals surface area contributed by atoms with Crippen molar-refractivity contribution in [2.24, 2.45) is 0 Å². The first-order valence-electron chi connectivity index (χ1n) is 6.14. The minimum atomic E-state index is -3.10. The summed E-state index contributed by atoms with van der Waals surface area (Å²) in [6.45, 7) is 2.04. The molecule has 1 saturated heterocycles. The van der Waals surface area contributed by atoms with Gasteiger partial charge in [0.25, 0.3) is 0 Å². The molecule has 0 spiro atoms. The van der Waals surface area contributed by atoms with E-state index in [1.807, 2.05) is 12.1 Å². The van der Waals surface area contributed by atoms with Crippen molar-refractivity contribution in [1.29, 1.82) is 0 Å². The SMILES string of the molecule is CS(=O)(=O)N1CCNCC1CCc1ccncc1. The third kappa shape index (κ3) is 3.51. The molecule has 0 radical (unpaired) electrons. The zero-order chi connectivity index (χ0) is 13.0. The van der Waals surface area contributed by atoms with E-state index in [2.05, 4.69) is 10.3 Å². The monoisotopic (exact) mass is 269 g/mol. The zero-order valence-electron chi connectivity index (χ0n) is 10.5. The Bertz CT molecular complexity index is 475. The van der Waals surface area contributed by atoms with Crippen molar-refractivity contribution in [3.63, 3.8) is 0 Å². The average Bonchev–Trinajstić information content (AvgIpc) is 2.37. The molecule has 1 fully saturated rings. The number of hydrogen-bond donors (Lipinski definition) is 1. The summed E-state index contributed by atoms with van der Waals surface area (Å²) in [6.07, 6.45) is 6.54. The van der Waals surface area contributed by atoms with Crippen LogP contribution in [0.25, 0.3) is 0 Å². The Morgan fingerprint density at radius 2 is 2.17 bits per heavy atom. The Kier molecular flexibility index (Phi) is 4.31. The number of pyridine rings is 1. The Labute approximate surface area is 108 Å². The van der Waals surface area contributed by atoms with E-state index in [4.69, 9.17) is 0 Å². The molecule has 0 aliphatic carbocycles. The Balaban J connectivity index is 1.98. The van der Waals surface area contributed by atoms with Crippen molar-refractivity contribution < 1.29 is 8.42 Å². The number of rotatable bonds is 4. The highest BCUT2D eigenvalue weighted by molar-refractivity contribution is 7.88. The molecule has 18 heavy (non-hydrogen) atoms. The van der Waals surface area contributed by atoms with Crippen LogP contribution in [0.5, 0.6) is 0 Å². The van der Waals surface area contributed by atoms with Gasteiger partial charge in [0.1, 0.15) is 0 Å². The van der Waals surface area contributed by atoms with Crippen LogP contribution in [-0.2, 0) is 16.4 Å². The third-order valence-corrected chi connectivity index (χ3v) is 4.57. The van der Waals surface area contributed by atoms with Gasteiger partial charge < -0.3 is 5.32 Å². The van der Waals surface area contributed by atoms with Gasteiger partial charge >= 0.3 is 0 Å². The molecule has 100 valence electrons. The highest BCUT2D eigenvalue weighted by Crippen LogP contribution is 2.14. The largest absolute Gasteiger partial charge is 0.314 e. The molecule has 1 aromatic heterocycles. The van der Waals surface area contributed by atoms with Crippen LogP contribution in [0.3, 0.4) is 0 Å². The zero-order valence-corrected chi connectivity index (χ0v) is 11.4. The van der Waals surface area contributed by atoms with E-state index >= 15 is 0 Å². The van der Waals surface area contributed by atoms with E-state index in [0.717, 1.165) is 25.9 Å². The Hall–Kier alpha value is -0.980. The van der Waals surface area contributed by atoms with Crippen LogP contribution < -0.4 is 5.32 Å². The fourth-order valence-electron chi connectivity index (χ4n) is 2.31. The maximum absolute atomic E-state index is 11.7. The average molecular weight is 269 g/mol. The van der Waals surface area contributed by atoms with E-state index in [9.17, 15) is 8.42 Å². The van der Waals surface area contributed by atoms with Gasteiger partial charge in [-0.3, -0.25) is 4.98 Å². The summed E-state index contributed by atoms with van der Waals surface area (Å²) in [5.74, 6) is 0. The Morgan fingerprint density at radius 3 is 2.83 bits per heavy atom. The molecule has 6 heteroatoms. The van der Waals surface area contributed by atoms with E-state index in [1.54, 1.807) is 16.7 Å². The molecular weight excluding hydrogens is 250 g/mol. The first-order chi connectivity index (χ1) is 8.57. The summed E-state index contributed by atoms with van der Waals surface area (Å²) >= 11 is 0. The van der Waals surface area contributed by atoms with Crippen LogP contribution >= 0.6 is 0 Å². The number of hydrogen-bond acceptors (Lipinski definition) is 4. The highest BCUT2D eigenvalue weighted by atomic mass is 32.2. The number of aryl methyl sites for hydroxylation is 1. The first kappa shape index (κ1) is 13.5. The quantitative estimate of drug-likeness (QED) is 0.851. The molecule has 1 N–H and O–H groups in total. The fraction of sp³-hybridized carbons (Fsp3) is 0.583. The van der Waals surface area contributed by atoms with Gasteiger partial charge in [0, 0.05) is 38.1 Å². The lowest BCUT2D eigenvalue weighted by molar-refractivity contribution is 0.257. The van der Waals surface area contributed by atoms with Gasteiger partial charge in [-0.25, -0.2) is 8.42 Å². The molecule has 1 aliphatic rings. The highest BCUT2D eigenvalue weighted by Gasteiger charge is 2.28. The molecule has 2 rings (SSSR count). The summed E-state index contributed by atoms with van der Waals surface area (Å²) in [7, 11) is -3.10. The topological polar surface area (TPSA) is 62.3 Å². The van der Waals surface area contributed by atoms with Gasteiger partial charge in [-0.05, 0) is 30.5 Å². The third-order valence-electron chi connectivity index (χ3n) is 3.24. The molecule has 0 aromatic carbocycles. The molecule has 1 aromatic rings. The second-order valence-electron chi connectivity index (χ2n) is 4.63. The van der Waals surface area contributed by atoms with Crippen molar-refractivity contribution in [1.82, 2.24) is 14.6 Å². The molecule has 5 nitrogen and oxygen atoms in total. The summed E-state index contributed by atoms with van der Waals surface area (Å²) in [5, 5.41) is 3.25. The lowest BCUT2D eigenvalue weighted by Gasteiger charge is -2.34. The number of nitrogens with one attached hydrogen (secondary N) is 1.